The van der Waals surface area contributed by atoms with E-state index in [1.807, 2.05) is 81.4 Å². The molecule has 4 rings (SSSR count). The van der Waals surface area contributed by atoms with Gasteiger partial charge >= 0.3 is 0 Å². The molecule has 1 N–H and O–H groups in total. The predicted octanol–water partition coefficient (Wildman–Crippen LogP) is 5.37. The van der Waals surface area contributed by atoms with Gasteiger partial charge in [-0.1, -0.05) is 90.5 Å². The first kappa shape index (κ1) is 32.3. The lowest BCUT2D eigenvalue weighted by Gasteiger charge is -2.34. The first-order chi connectivity index (χ1) is 21.2. The fraction of sp³-hybridized carbons (Fsp3) is 0.257. The number of hydrogen-bond acceptors (Lipinski definition) is 5. The molecule has 44 heavy (non-hydrogen) atoms. The van der Waals surface area contributed by atoms with Crippen molar-refractivity contribution in [3.63, 3.8) is 0 Å². The number of nitrogens with one attached hydrogen (secondary N) is 1. The zero-order valence-corrected chi connectivity index (χ0v) is 26.2. The van der Waals surface area contributed by atoms with Crippen LogP contribution in [-0.4, -0.2) is 50.9 Å². The van der Waals surface area contributed by atoms with Crippen molar-refractivity contribution in [1.82, 2.24) is 10.2 Å². The summed E-state index contributed by atoms with van der Waals surface area (Å²) >= 11 is 0. The number of benzene rings is 4. The van der Waals surface area contributed by atoms with E-state index in [-0.39, 0.29) is 29.5 Å². The average molecular weight is 614 g/mol. The number of sulfonamides is 1. The van der Waals surface area contributed by atoms with Crippen LogP contribution < -0.4 is 14.4 Å². The minimum atomic E-state index is -4.22. The number of amides is 2. The third kappa shape index (κ3) is 8.05. The van der Waals surface area contributed by atoms with Crippen LogP contribution in [0.3, 0.4) is 0 Å². The highest BCUT2D eigenvalue weighted by Gasteiger charge is 2.35. The summed E-state index contributed by atoms with van der Waals surface area (Å²) in [6, 6.07) is 31.2. The molecule has 0 bridgehead atoms. The molecular weight excluding hydrogens is 574 g/mol. The second-order valence-electron chi connectivity index (χ2n) is 10.3. The Kier molecular flexibility index (Phi) is 11.2. The van der Waals surface area contributed by atoms with Crippen LogP contribution in [0.4, 0.5) is 5.69 Å². The summed E-state index contributed by atoms with van der Waals surface area (Å²) in [6.07, 6.45) is 0.255. The predicted molar refractivity (Wildman–Crippen MR) is 173 cm³/mol. The highest BCUT2D eigenvalue weighted by molar-refractivity contribution is 7.92. The van der Waals surface area contributed by atoms with Crippen LogP contribution >= 0.6 is 0 Å². The largest absolute Gasteiger partial charge is 0.492 e. The van der Waals surface area contributed by atoms with E-state index >= 15 is 0 Å². The fourth-order valence-electron chi connectivity index (χ4n) is 4.92. The maximum Gasteiger partial charge on any atom is 0.264 e. The molecule has 8 nitrogen and oxygen atoms in total. The van der Waals surface area contributed by atoms with Crippen molar-refractivity contribution in [2.75, 3.05) is 24.0 Å². The number of para-hydroxylation sites is 2. The Hall–Kier alpha value is -4.63. The first-order valence-electron chi connectivity index (χ1n) is 14.7. The average Bonchev–Trinajstić information content (AvgIpc) is 3.03. The van der Waals surface area contributed by atoms with Crippen molar-refractivity contribution < 1.29 is 22.7 Å². The quantitative estimate of drug-likeness (QED) is 0.207. The minimum absolute atomic E-state index is 0.0429. The molecule has 0 spiro atoms. The third-order valence-electron chi connectivity index (χ3n) is 7.14. The molecule has 230 valence electrons. The number of ether oxygens (including phenoxy) is 1. The van der Waals surface area contributed by atoms with Crippen LogP contribution in [0.5, 0.6) is 5.75 Å². The van der Waals surface area contributed by atoms with Crippen molar-refractivity contribution in [2.24, 2.45) is 0 Å². The Labute approximate surface area is 260 Å². The summed E-state index contributed by atoms with van der Waals surface area (Å²) in [6.45, 7) is 5.76. The third-order valence-corrected chi connectivity index (χ3v) is 8.91. The second kappa shape index (κ2) is 15.2. The molecule has 4 aromatic rings. The van der Waals surface area contributed by atoms with Gasteiger partial charge in [-0.05, 0) is 56.2 Å². The maximum absolute atomic E-state index is 14.5. The summed E-state index contributed by atoms with van der Waals surface area (Å²) in [5.41, 5.74) is 2.83. The SMILES string of the molecule is CCNC(=O)[C@@H](Cc1ccccc1)N(Cc1ccccc1)C(=O)CN(c1ccccc1OCC)S(=O)(=O)c1ccc(C)cc1. The molecule has 0 fully saturated rings. The first-order valence-corrected chi connectivity index (χ1v) is 16.1. The van der Waals surface area contributed by atoms with E-state index in [1.165, 1.54) is 17.0 Å². The van der Waals surface area contributed by atoms with E-state index in [2.05, 4.69) is 5.32 Å². The van der Waals surface area contributed by atoms with Crippen LogP contribution in [-0.2, 0) is 32.6 Å². The molecule has 2 amide bonds. The van der Waals surface area contributed by atoms with Crippen molar-refractivity contribution in [1.29, 1.82) is 0 Å². The van der Waals surface area contributed by atoms with E-state index in [9.17, 15) is 18.0 Å². The van der Waals surface area contributed by atoms with E-state index < -0.39 is 28.5 Å². The Bertz CT molecular complexity index is 1630. The highest BCUT2D eigenvalue weighted by Crippen LogP contribution is 2.33. The Morgan fingerprint density at radius 2 is 1.39 bits per heavy atom. The molecule has 0 aliphatic carbocycles. The van der Waals surface area contributed by atoms with Gasteiger partial charge in [0.25, 0.3) is 10.0 Å². The number of aryl methyl sites for hydroxylation is 1. The van der Waals surface area contributed by atoms with Gasteiger partial charge in [-0.15, -0.1) is 0 Å². The number of nitrogens with zero attached hydrogens (tertiary/aromatic N) is 2. The molecule has 0 aromatic heterocycles. The van der Waals surface area contributed by atoms with Gasteiger partial charge in [0, 0.05) is 19.5 Å². The summed E-state index contributed by atoms with van der Waals surface area (Å²) in [5.74, 6) is -0.510. The van der Waals surface area contributed by atoms with Crippen molar-refractivity contribution in [3.05, 3.63) is 126 Å². The molecule has 0 saturated heterocycles. The lowest BCUT2D eigenvalue weighted by atomic mass is 10.0. The van der Waals surface area contributed by atoms with Gasteiger partial charge in [-0.3, -0.25) is 13.9 Å². The normalized spacial score (nSPS) is 11.8. The smallest absolute Gasteiger partial charge is 0.264 e. The van der Waals surface area contributed by atoms with Gasteiger partial charge in [0.1, 0.15) is 18.3 Å². The Morgan fingerprint density at radius 3 is 2.00 bits per heavy atom. The van der Waals surface area contributed by atoms with Gasteiger partial charge in [0.05, 0.1) is 17.2 Å². The van der Waals surface area contributed by atoms with Crippen molar-refractivity contribution in [2.45, 2.75) is 44.7 Å². The molecule has 0 aliphatic rings. The Balaban J connectivity index is 1.82. The lowest BCUT2D eigenvalue weighted by Crippen LogP contribution is -2.53. The maximum atomic E-state index is 14.5. The molecule has 4 aromatic carbocycles. The van der Waals surface area contributed by atoms with Gasteiger partial charge in [0.15, 0.2) is 0 Å². The van der Waals surface area contributed by atoms with E-state index in [4.69, 9.17) is 4.74 Å². The van der Waals surface area contributed by atoms with Gasteiger partial charge < -0.3 is 15.0 Å². The van der Waals surface area contributed by atoms with Crippen LogP contribution in [0, 0.1) is 6.92 Å². The molecular formula is C35H39N3O5S. The Morgan fingerprint density at radius 1 is 0.795 bits per heavy atom. The van der Waals surface area contributed by atoms with Crippen LogP contribution in [0.2, 0.25) is 0 Å². The standard InChI is InChI=1S/C35H39N3O5S/c1-4-36-35(40)32(24-28-14-8-6-9-15-28)37(25-29-16-10-7-11-17-29)34(39)26-38(31-18-12-13-19-33(31)43-5-2)44(41,42)30-22-20-27(3)21-23-30/h6-23,32H,4-5,24-26H2,1-3H3,(H,36,40)/t32-/m1/s1. The molecule has 0 radical (unpaired) electrons. The van der Waals surface area contributed by atoms with Crippen LogP contribution in [0.25, 0.3) is 0 Å². The van der Waals surface area contributed by atoms with Gasteiger partial charge in [0.2, 0.25) is 11.8 Å². The summed E-state index contributed by atoms with van der Waals surface area (Å²) in [5, 5.41) is 2.87. The molecule has 0 heterocycles. The summed E-state index contributed by atoms with van der Waals surface area (Å²) in [7, 11) is -4.22. The molecule has 0 unspecified atom stereocenters. The number of anilines is 1. The number of hydrogen-bond donors (Lipinski definition) is 1. The number of carbonyl (C=O) groups is 2. The monoisotopic (exact) mass is 613 g/mol. The number of carbonyl (C=O) groups excluding carboxylic acids is 2. The molecule has 0 aliphatic heterocycles. The lowest BCUT2D eigenvalue weighted by molar-refractivity contribution is -0.140. The number of rotatable bonds is 14. The van der Waals surface area contributed by atoms with E-state index in [1.54, 1.807) is 36.4 Å². The molecule has 9 heteroatoms. The topological polar surface area (TPSA) is 96.0 Å². The van der Waals surface area contributed by atoms with Crippen LogP contribution in [0.15, 0.2) is 114 Å². The van der Waals surface area contributed by atoms with Crippen molar-refractivity contribution >= 4 is 27.5 Å². The number of likely N-dealkylation sites (N-methyl/N-ethyl adjacent to an activating group) is 1. The van der Waals surface area contributed by atoms with E-state index in [0.717, 1.165) is 21.0 Å². The van der Waals surface area contributed by atoms with Crippen molar-refractivity contribution in [3.8, 4) is 5.75 Å². The zero-order valence-electron chi connectivity index (χ0n) is 25.3. The van der Waals surface area contributed by atoms with Crippen LogP contribution in [0.1, 0.15) is 30.5 Å². The zero-order chi connectivity index (χ0) is 31.5. The molecule has 1 atom stereocenters. The van der Waals surface area contributed by atoms with Gasteiger partial charge in [-0.2, -0.15) is 0 Å². The summed E-state index contributed by atoms with van der Waals surface area (Å²) < 4.78 is 35.4. The highest BCUT2D eigenvalue weighted by atomic mass is 32.2. The summed E-state index contributed by atoms with van der Waals surface area (Å²) in [4.78, 5) is 29.6. The van der Waals surface area contributed by atoms with Gasteiger partial charge in [-0.25, -0.2) is 8.42 Å². The minimum Gasteiger partial charge on any atom is -0.492 e. The fourth-order valence-corrected chi connectivity index (χ4v) is 6.34. The molecule has 0 saturated carbocycles. The second-order valence-corrected chi connectivity index (χ2v) is 12.2. The van der Waals surface area contributed by atoms with E-state index in [0.29, 0.717) is 18.9 Å².